The molecule has 0 radical (unpaired) electrons. The number of hydrogen-bond acceptors (Lipinski definition) is 8. The lowest BCUT2D eigenvalue weighted by Gasteiger charge is -2.15. The standard InChI is InChI=1S/C22H14F3N3O5S2/c1-3-4-14(20(30)31)33-13-7-8-34-19(13)18-12-9-11(5-6-15(12)35-26-18)28-17(29)10-16(22(23,24)25)27(2)21(28)32/h5-10,14H,1-2H3,(H,30,31)/p-1. The Morgan fingerprint density at radius 1 is 1.23 bits per heavy atom. The largest absolute Gasteiger partial charge is 0.545 e. The van der Waals surface area contributed by atoms with Crippen LogP contribution in [0.25, 0.3) is 26.3 Å². The maximum absolute atomic E-state index is 13.2. The molecule has 0 aliphatic carbocycles. The van der Waals surface area contributed by atoms with Crippen LogP contribution in [0.2, 0.25) is 0 Å². The third-order valence-corrected chi connectivity index (χ3v) is 6.63. The van der Waals surface area contributed by atoms with E-state index in [-0.39, 0.29) is 11.4 Å². The highest BCUT2D eigenvalue weighted by Crippen LogP contribution is 2.41. The normalized spacial score (nSPS) is 12.3. The van der Waals surface area contributed by atoms with Crippen LogP contribution in [0.3, 0.4) is 0 Å². The molecule has 3 aromatic heterocycles. The molecule has 3 heterocycles. The summed E-state index contributed by atoms with van der Waals surface area (Å²) in [5.41, 5.74) is -3.23. The number of carboxylic acid groups (broad SMARTS) is 1. The van der Waals surface area contributed by atoms with Crippen LogP contribution in [0.5, 0.6) is 5.75 Å². The van der Waals surface area contributed by atoms with Crippen LogP contribution >= 0.6 is 22.9 Å². The average molecular weight is 520 g/mol. The fraction of sp³-hybridized carbons (Fsp3) is 0.182. The van der Waals surface area contributed by atoms with Crippen molar-refractivity contribution < 1.29 is 27.8 Å². The minimum Gasteiger partial charge on any atom is -0.545 e. The zero-order valence-corrected chi connectivity index (χ0v) is 19.5. The van der Waals surface area contributed by atoms with Gasteiger partial charge in [-0.05, 0) is 48.1 Å². The summed E-state index contributed by atoms with van der Waals surface area (Å²) in [6, 6.07) is 6.36. The molecular weight excluding hydrogens is 507 g/mol. The van der Waals surface area contributed by atoms with Crippen LogP contribution in [0.15, 0.2) is 45.3 Å². The van der Waals surface area contributed by atoms with Crippen molar-refractivity contribution in [3.63, 3.8) is 0 Å². The van der Waals surface area contributed by atoms with E-state index in [1.807, 2.05) is 0 Å². The Morgan fingerprint density at radius 3 is 2.63 bits per heavy atom. The summed E-state index contributed by atoms with van der Waals surface area (Å²) in [7, 11) is 0.930. The number of rotatable bonds is 5. The van der Waals surface area contributed by atoms with Crippen LogP contribution in [-0.2, 0) is 18.0 Å². The number of benzene rings is 1. The lowest BCUT2D eigenvalue weighted by molar-refractivity contribution is -0.311. The molecule has 0 N–H and O–H groups in total. The maximum Gasteiger partial charge on any atom is 0.431 e. The summed E-state index contributed by atoms with van der Waals surface area (Å²) in [5.74, 6) is 3.52. The number of carbonyl (C=O) groups excluding carboxylic acids is 1. The number of aromatic nitrogens is 3. The highest BCUT2D eigenvalue weighted by Gasteiger charge is 2.35. The van der Waals surface area contributed by atoms with E-state index in [0.717, 1.165) is 18.6 Å². The molecule has 1 unspecified atom stereocenters. The van der Waals surface area contributed by atoms with E-state index >= 15 is 0 Å². The number of carbonyl (C=O) groups is 1. The summed E-state index contributed by atoms with van der Waals surface area (Å²) in [6.07, 6.45) is -6.38. The van der Waals surface area contributed by atoms with Crippen LogP contribution in [0.1, 0.15) is 12.6 Å². The molecule has 0 saturated carbocycles. The number of fused-ring (bicyclic) bond motifs is 1. The third kappa shape index (κ3) is 4.45. The Labute approximate surface area is 202 Å². The first-order chi connectivity index (χ1) is 16.5. The lowest BCUT2D eigenvalue weighted by atomic mass is 10.1. The molecule has 35 heavy (non-hydrogen) atoms. The van der Waals surface area contributed by atoms with Crippen molar-refractivity contribution in [1.29, 1.82) is 0 Å². The molecule has 13 heteroatoms. The molecule has 0 saturated heterocycles. The second-order valence-corrected chi connectivity index (χ2v) is 8.80. The predicted octanol–water partition coefficient (Wildman–Crippen LogP) is 2.41. The Morgan fingerprint density at radius 2 is 1.97 bits per heavy atom. The Hall–Kier alpha value is -3.89. The van der Waals surface area contributed by atoms with E-state index in [1.54, 1.807) is 17.5 Å². The minimum absolute atomic E-state index is 0.0433. The number of nitrogens with zero attached hydrogens (tertiary/aromatic N) is 3. The summed E-state index contributed by atoms with van der Waals surface area (Å²) >= 11 is 2.31. The molecule has 4 aromatic rings. The van der Waals surface area contributed by atoms with Gasteiger partial charge in [-0.3, -0.25) is 9.36 Å². The zero-order chi connectivity index (χ0) is 25.5. The number of thiophene rings is 1. The van der Waals surface area contributed by atoms with Gasteiger partial charge in [0.2, 0.25) is 0 Å². The van der Waals surface area contributed by atoms with Crippen molar-refractivity contribution in [1.82, 2.24) is 13.5 Å². The van der Waals surface area contributed by atoms with Gasteiger partial charge in [-0.25, -0.2) is 9.36 Å². The van der Waals surface area contributed by atoms with Crippen LogP contribution in [0.4, 0.5) is 13.2 Å². The number of ether oxygens (including phenoxy) is 1. The molecule has 4 rings (SSSR count). The van der Waals surface area contributed by atoms with Crippen LogP contribution in [0, 0.1) is 11.8 Å². The smallest absolute Gasteiger partial charge is 0.431 e. The number of alkyl halides is 3. The topological polar surface area (TPSA) is 106 Å². The monoisotopic (exact) mass is 520 g/mol. The predicted molar refractivity (Wildman–Crippen MR) is 122 cm³/mol. The minimum atomic E-state index is -4.87. The van der Waals surface area contributed by atoms with Crippen molar-refractivity contribution in [3.8, 4) is 33.8 Å². The molecule has 0 spiro atoms. The Bertz CT molecular complexity index is 1640. The molecule has 0 fully saturated rings. The van der Waals surface area contributed by atoms with E-state index in [4.69, 9.17) is 4.74 Å². The first-order valence-corrected chi connectivity index (χ1v) is 11.4. The SMILES string of the molecule is CC#CC(Oc1ccsc1-c1nsc2ccc(-n3c(=O)cc(C(F)(F)F)n(C)c3=O)cc12)C(=O)[O-]. The van der Waals surface area contributed by atoms with Gasteiger partial charge in [-0.15, -0.1) is 17.3 Å². The quantitative estimate of drug-likeness (QED) is 0.374. The highest BCUT2D eigenvalue weighted by molar-refractivity contribution is 7.16. The molecule has 180 valence electrons. The molecule has 1 aromatic carbocycles. The van der Waals surface area contributed by atoms with Crippen molar-refractivity contribution in [2.45, 2.75) is 19.2 Å². The average Bonchev–Trinajstić information content (AvgIpc) is 3.41. The number of halogens is 3. The number of carboxylic acids is 1. The van der Waals surface area contributed by atoms with E-state index in [2.05, 4.69) is 16.2 Å². The van der Waals surface area contributed by atoms with Gasteiger partial charge in [0.05, 0.1) is 21.2 Å². The van der Waals surface area contributed by atoms with Crippen LogP contribution < -0.4 is 21.1 Å². The Kier molecular flexibility index (Phi) is 6.27. The summed E-state index contributed by atoms with van der Waals surface area (Å²) < 4.78 is 51.1. The lowest BCUT2D eigenvalue weighted by Crippen LogP contribution is -2.40. The van der Waals surface area contributed by atoms with Gasteiger partial charge in [0.15, 0.2) is 6.10 Å². The second-order valence-electron chi connectivity index (χ2n) is 7.08. The van der Waals surface area contributed by atoms with E-state index in [0.29, 0.717) is 35.9 Å². The molecule has 1 atom stereocenters. The second kappa shape index (κ2) is 9.05. The zero-order valence-electron chi connectivity index (χ0n) is 17.9. The van der Waals surface area contributed by atoms with Gasteiger partial charge >= 0.3 is 11.9 Å². The number of hydrogen-bond donors (Lipinski definition) is 0. The maximum atomic E-state index is 13.2. The number of aliphatic carboxylic acids is 1. The van der Waals surface area contributed by atoms with E-state index in [1.165, 1.54) is 30.4 Å². The first-order valence-electron chi connectivity index (χ1n) is 9.70. The summed E-state index contributed by atoms with van der Waals surface area (Å²) in [5, 5.41) is 13.5. The van der Waals surface area contributed by atoms with Gasteiger partial charge < -0.3 is 14.6 Å². The third-order valence-electron chi connectivity index (χ3n) is 4.90. The fourth-order valence-corrected chi connectivity index (χ4v) is 4.97. The molecular formula is C22H13F3N3O5S2-. The van der Waals surface area contributed by atoms with Crippen molar-refractivity contribution in [2.24, 2.45) is 7.05 Å². The molecule has 0 amide bonds. The van der Waals surface area contributed by atoms with Crippen molar-refractivity contribution >= 4 is 38.9 Å². The van der Waals surface area contributed by atoms with Gasteiger partial charge in [-0.2, -0.15) is 17.5 Å². The van der Waals surface area contributed by atoms with Gasteiger partial charge in [-0.1, -0.05) is 5.92 Å². The van der Waals surface area contributed by atoms with Crippen molar-refractivity contribution in [2.75, 3.05) is 0 Å². The van der Waals surface area contributed by atoms with Gasteiger partial charge in [0, 0.05) is 18.5 Å². The molecule has 0 aliphatic heterocycles. The van der Waals surface area contributed by atoms with Gasteiger partial charge in [0.25, 0.3) is 5.56 Å². The fourth-order valence-electron chi connectivity index (χ4n) is 3.32. The molecule has 0 aliphatic rings. The molecule has 0 bridgehead atoms. The molecule has 8 nitrogen and oxygen atoms in total. The highest BCUT2D eigenvalue weighted by atomic mass is 32.1. The summed E-state index contributed by atoms with van der Waals surface area (Å²) in [4.78, 5) is 36.9. The van der Waals surface area contributed by atoms with E-state index < -0.39 is 35.2 Å². The van der Waals surface area contributed by atoms with E-state index in [9.17, 15) is 32.7 Å². The van der Waals surface area contributed by atoms with Gasteiger partial charge in [0.1, 0.15) is 17.1 Å². The van der Waals surface area contributed by atoms with Crippen LogP contribution in [-0.4, -0.2) is 25.6 Å². The van der Waals surface area contributed by atoms with Crippen molar-refractivity contribution in [3.05, 3.63) is 62.2 Å². The summed E-state index contributed by atoms with van der Waals surface area (Å²) in [6.45, 7) is 1.46. The Balaban J connectivity index is 1.85. The first kappa shape index (κ1) is 24.2.